The molecule has 1 rings (SSSR count). The minimum absolute atomic E-state index is 0.383. The van der Waals surface area contributed by atoms with Crippen molar-refractivity contribution in [1.29, 1.82) is 5.26 Å². The van der Waals surface area contributed by atoms with E-state index in [4.69, 9.17) is 5.26 Å². The van der Waals surface area contributed by atoms with Crippen LogP contribution in [0.3, 0.4) is 0 Å². The number of hydrogen-bond acceptors (Lipinski definition) is 3. The Balaban J connectivity index is 3.04. The van der Waals surface area contributed by atoms with Crippen LogP contribution in [0.5, 0.6) is 0 Å². The molecule has 0 aliphatic heterocycles. The van der Waals surface area contributed by atoms with Crippen molar-refractivity contribution in [3.8, 4) is 6.07 Å². The molecule has 0 N–H and O–H groups in total. The van der Waals surface area contributed by atoms with Crippen molar-refractivity contribution >= 4 is 11.3 Å². The van der Waals surface area contributed by atoms with Crippen LogP contribution in [0.15, 0.2) is 6.20 Å². The van der Waals surface area contributed by atoms with E-state index in [0.29, 0.717) is 0 Å². The zero-order valence-corrected chi connectivity index (χ0v) is 7.70. The summed E-state index contributed by atoms with van der Waals surface area (Å²) in [5.74, 6) is 0. The predicted octanol–water partition coefficient (Wildman–Crippen LogP) is 2.25. The summed E-state index contributed by atoms with van der Waals surface area (Å²) >= 11 is 1.59. The van der Waals surface area contributed by atoms with Gasteiger partial charge in [0, 0.05) is 11.1 Å². The van der Waals surface area contributed by atoms with Crippen molar-refractivity contribution in [3.05, 3.63) is 16.1 Å². The Bertz CT molecular complexity index is 293. The molecule has 3 heteroatoms. The molecule has 1 heterocycles. The number of thiazole rings is 1. The average Bonchev–Trinajstić information content (AvgIpc) is 2.36. The summed E-state index contributed by atoms with van der Waals surface area (Å²) in [6, 6.07) is 2.24. The molecule has 0 aliphatic carbocycles. The number of nitriles is 1. The molecule has 0 atom stereocenters. The Morgan fingerprint density at radius 2 is 2.27 bits per heavy atom. The van der Waals surface area contributed by atoms with Gasteiger partial charge in [0.25, 0.3) is 0 Å². The lowest BCUT2D eigenvalue weighted by atomic mass is 9.95. The average molecular weight is 166 g/mol. The van der Waals surface area contributed by atoms with Crippen molar-refractivity contribution < 1.29 is 0 Å². The third kappa shape index (κ3) is 1.58. The normalized spacial score (nSPS) is 11.1. The fourth-order valence-corrected chi connectivity index (χ4v) is 1.54. The molecule has 0 unspecified atom stereocenters. The van der Waals surface area contributed by atoms with Crippen LogP contribution in [0.25, 0.3) is 0 Å². The van der Waals surface area contributed by atoms with E-state index in [0.717, 1.165) is 9.88 Å². The summed E-state index contributed by atoms with van der Waals surface area (Å²) in [6.45, 7) is 5.75. The second kappa shape index (κ2) is 2.63. The minimum Gasteiger partial charge on any atom is -0.250 e. The topological polar surface area (TPSA) is 36.7 Å². The molecule has 0 radical (unpaired) electrons. The standard InChI is InChI=1S/C8H10N2S/c1-6-10-4-7(11-6)8(2,3)5-9/h4H,1-3H3. The number of nitrogens with zero attached hydrogens (tertiary/aromatic N) is 2. The van der Waals surface area contributed by atoms with Crippen LogP contribution in [0.4, 0.5) is 0 Å². The molecule has 0 spiro atoms. The van der Waals surface area contributed by atoms with Gasteiger partial charge in [-0.15, -0.1) is 11.3 Å². The fraction of sp³-hybridized carbons (Fsp3) is 0.500. The fourth-order valence-electron chi connectivity index (χ4n) is 0.705. The first kappa shape index (κ1) is 8.22. The molecular formula is C8H10N2S. The van der Waals surface area contributed by atoms with Gasteiger partial charge in [-0.3, -0.25) is 0 Å². The minimum atomic E-state index is -0.383. The second-order valence-corrected chi connectivity index (χ2v) is 4.22. The van der Waals surface area contributed by atoms with E-state index in [1.165, 1.54) is 0 Å². The van der Waals surface area contributed by atoms with Crippen molar-refractivity contribution in [1.82, 2.24) is 4.98 Å². The lowest BCUT2D eigenvalue weighted by Crippen LogP contribution is -2.11. The van der Waals surface area contributed by atoms with E-state index < -0.39 is 0 Å². The van der Waals surface area contributed by atoms with Gasteiger partial charge >= 0.3 is 0 Å². The van der Waals surface area contributed by atoms with Crippen LogP contribution in [0.1, 0.15) is 23.7 Å². The van der Waals surface area contributed by atoms with Crippen LogP contribution < -0.4 is 0 Å². The summed E-state index contributed by atoms with van der Waals surface area (Å²) in [6.07, 6.45) is 1.78. The summed E-state index contributed by atoms with van der Waals surface area (Å²) in [5.41, 5.74) is -0.383. The van der Waals surface area contributed by atoms with Crippen molar-refractivity contribution in [3.63, 3.8) is 0 Å². The smallest absolute Gasteiger partial charge is 0.0897 e. The van der Waals surface area contributed by atoms with Crippen molar-refractivity contribution in [2.45, 2.75) is 26.2 Å². The van der Waals surface area contributed by atoms with Gasteiger partial charge in [-0.05, 0) is 20.8 Å². The van der Waals surface area contributed by atoms with Crippen LogP contribution >= 0.6 is 11.3 Å². The van der Waals surface area contributed by atoms with Crippen LogP contribution in [0, 0.1) is 18.3 Å². The lowest BCUT2D eigenvalue weighted by molar-refractivity contribution is 0.701. The van der Waals surface area contributed by atoms with Gasteiger partial charge in [-0.25, -0.2) is 4.98 Å². The highest BCUT2D eigenvalue weighted by atomic mass is 32.1. The third-order valence-electron chi connectivity index (χ3n) is 1.52. The molecule has 0 bridgehead atoms. The second-order valence-electron chi connectivity index (χ2n) is 2.98. The van der Waals surface area contributed by atoms with Crippen molar-refractivity contribution in [2.75, 3.05) is 0 Å². The van der Waals surface area contributed by atoms with E-state index in [2.05, 4.69) is 11.1 Å². The number of rotatable bonds is 1. The molecule has 0 saturated heterocycles. The molecule has 11 heavy (non-hydrogen) atoms. The molecule has 1 aromatic rings. The molecule has 0 aliphatic rings. The Morgan fingerprint density at radius 1 is 1.64 bits per heavy atom. The van der Waals surface area contributed by atoms with E-state index in [9.17, 15) is 0 Å². The van der Waals surface area contributed by atoms with Crippen LogP contribution in [-0.4, -0.2) is 4.98 Å². The maximum absolute atomic E-state index is 8.79. The van der Waals surface area contributed by atoms with E-state index in [-0.39, 0.29) is 5.41 Å². The molecule has 0 aromatic carbocycles. The maximum Gasteiger partial charge on any atom is 0.0897 e. The predicted molar refractivity (Wildman–Crippen MR) is 45.5 cm³/mol. The highest BCUT2D eigenvalue weighted by Crippen LogP contribution is 2.26. The molecular weight excluding hydrogens is 156 g/mol. The number of hydrogen-bond donors (Lipinski definition) is 0. The Morgan fingerprint density at radius 3 is 2.64 bits per heavy atom. The molecule has 1 aromatic heterocycles. The largest absolute Gasteiger partial charge is 0.250 e. The first-order valence-corrected chi connectivity index (χ1v) is 4.22. The molecule has 0 amide bonds. The number of aromatic nitrogens is 1. The third-order valence-corrected chi connectivity index (χ3v) is 2.75. The highest BCUT2D eigenvalue weighted by molar-refractivity contribution is 7.11. The summed E-state index contributed by atoms with van der Waals surface area (Å²) in [5, 5.41) is 9.80. The molecule has 0 saturated carbocycles. The van der Waals surface area contributed by atoms with Gasteiger partial charge in [-0.2, -0.15) is 5.26 Å². The lowest BCUT2D eigenvalue weighted by Gasteiger charge is -2.10. The van der Waals surface area contributed by atoms with Gasteiger partial charge in [0.2, 0.25) is 0 Å². The first-order valence-electron chi connectivity index (χ1n) is 3.40. The monoisotopic (exact) mass is 166 g/mol. The summed E-state index contributed by atoms with van der Waals surface area (Å²) in [4.78, 5) is 5.14. The van der Waals surface area contributed by atoms with Crippen molar-refractivity contribution in [2.24, 2.45) is 0 Å². The van der Waals surface area contributed by atoms with Crippen LogP contribution in [-0.2, 0) is 5.41 Å². The molecule has 0 fully saturated rings. The Labute approximate surface area is 70.5 Å². The molecule has 58 valence electrons. The van der Waals surface area contributed by atoms with Gasteiger partial charge in [0.15, 0.2) is 0 Å². The van der Waals surface area contributed by atoms with Crippen LogP contribution in [0.2, 0.25) is 0 Å². The zero-order valence-electron chi connectivity index (χ0n) is 6.88. The Kier molecular flexibility index (Phi) is 1.97. The quantitative estimate of drug-likeness (QED) is 0.641. The number of aryl methyl sites for hydroxylation is 1. The maximum atomic E-state index is 8.79. The van der Waals surface area contributed by atoms with E-state index in [1.54, 1.807) is 17.5 Å². The van der Waals surface area contributed by atoms with Gasteiger partial charge in [0.1, 0.15) is 0 Å². The SMILES string of the molecule is Cc1ncc(C(C)(C)C#N)s1. The van der Waals surface area contributed by atoms with E-state index in [1.807, 2.05) is 20.8 Å². The van der Waals surface area contributed by atoms with Gasteiger partial charge in [0.05, 0.1) is 16.5 Å². The van der Waals surface area contributed by atoms with Gasteiger partial charge < -0.3 is 0 Å². The van der Waals surface area contributed by atoms with E-state index >= 15 is 0 Å². The zero-order chi connectivity index (χ0) is 8.48. The summed E-state index contributed by atoms with van der Waals surface area (Å²) in [7, 11) is 0. The Hall–Kier alpha value is -0.880. The first-order chi connectivity index (χ1) is 5.06. The van der Waals surface area contributed by atoms with Gasteiger partial charge in [-0.1, -0.05) is 0 Å². The summed E-state index contributed by atoms with van der Waals surface area (Å²) < 4.78 is 0. The molecule has 2 nitrogen and oxygen atoms in total. The highest BCUT2D eigenvalue weighted by Gasteiger charge is 2.21.